The Morgan fingerprint density at radius 3 is 2.12 bits per heavy atom. The lowest BCUT2D eigenvalue weighted by Crippen LogP contribution is -2.18. The summed E-state index contributed by atoms with van der Waals surface area (Å²) in [5.74, 6) is -1.57. The smallest absolute Gasteiger partial charge is 0.339 e. The van der Waals surface area contributed by atoms with Crippen LogP contribution in [0, 0.1) is 0 Å². The highest BCUT2D eigenvalue weighted by Gasteiger charge is 2.25. The molecular formula is C16H14BrNO6S. The summed E-state index contributed by atoms with van der Waals surface area (Å²) in [6, 6.07) is 9.96. The SMILES string of the molecule is COC(=O)c1ccc(C(=O)OC)c(S(=O)(=O)Nc2ccc(Br)cc2)c1. The van der Waals surface area contributed by atoms with Gasteiger partial charge < -0.3 is 9.47 Å². The van der Waals surface area contributed by atoms with Crippen molar-refractivity contribution in [2.75, 3.05) is 18.9 Å². The Morgan fingerprint density at radius 2 is 1.56 bits per heavy atom. The molecule has 2 rings (SSSR count). The number of halogens is 1. The van der Waals surface area contributed by atoms with Crippen LogP contribution < -0.4 is 4.72 Å². The fourth-order valence-electron chi connectivity index (χ4n) is 2.00. The first-order valence-corrected chi connectivity index (χ1v) is 9.15. The Kier molecular flexibility index (Phi) is 5.81. The lowest BCUT2D eigenvalue weighted by Gasteiger charge is -2.12. The number of hydrogen-bond acceptors (Lipinski definition) is 6. The molecule has 132 valence electrons. The van der Waals surface area contributed by atoms with Gasteiger partial charge >= 0.3 is 11.9 Å². The van der Waals surface area contributed by atoms with E-state index in [1.54, 1.807) is 24.3 Å². The molecule has 0 atom stereocenters. The van der Waals surface area contributed by atoms with Crippen LogP contribution in [0.15, 0.2) is 51.8 Å². The Bertz CT molecular complexity index is 909. The zero-order chi connectivity index (χ0) is 18.6. The zero-order valence-corrected chi connectivity index (χ0v) is 15.7. The van der Waals surface area contributed by atoms with E-state index >= 15 is 0 Å². The molecular weight excluding hydrogens is 414 g/mol. The van der Waals surface area contributed by atoms with Gasteiger partial charge in [-0.3, -0.25) is 4.72 Å². The van der Waals surface area contributed by atoms with Gasteiger partial charge in [-0.1, -0.05) is 15.9 Å². The van der Waals surface area contributed by atoms with Crippen LogP contribution in [0.25, 0.3) is 0 Å². The molecule has 0 aliphatic carbocycles. The second-order valence-electron chi connectivity index (χ2n) is 4.81. The Morgan fingerprint density at radius 1 is 0.960 bits per heavy atom. The van der Waals surface area contributed by atoms with Crippen LogP contribution in [0.1, 0.15) is 20.7 Å². The molecule has 0 bridgehead atoms. The van der Waals surface area contributed by atoms with E-state index < -0.39 is 22.0 Å². The molecule has 7 nitrogen and oxygen atoms in total. The topological polar surface area (TPSA) is 98.8 Å². The van der Waals surface area contributed by atoms with Gasteiger partial charge in [0, 0.05) is 10.2 Å². The van der Waals surface area contributed by atoms with Crippen molar-refractivity contribution in [2.24, 2.45) is 0 Å². The summed E-state index contributed by atoms with van der Waals surface area (Å²) in [4.78, 5) is 23.2. The molecule has 0 aromatic heterocycles. The maximum absolute atomic E-state index is 12.7. The van der Waals surface area contributed by atoms with E-state index in [2.05, 4.69) is 30.1 Å². The highest BCUT2D eigenvalue weighted by Crippen LogP contribution is 2.23. The van der Waals surface area contributed by atoms with Crippen molar-refractivity contribution in [2.45, 2.75) is 4.90 Å². The molecule has 0 amide bonds. The molecule has 0 spiro atoms. The summed E-state index contributed by atoms with van der Waals surface area (Å²) in [5, 5.41) is 0. The predicted molar refractivity (Wildman–Crippen MR) is 94.1 cm³/mol. The summed E-state index contributed by atoms with van der Waals surface area (Å²) in [5.41, 5.74) is 0.0913. The fourth-order valence-corrected chi connectivity index (χ4v) is 3.54. The van der Waals surface area contributed by atoms with Gasteiger partial charge in [-0.2, -0.15) is 0 Å². The molecule has 0 aliphatic heterocycles. The van der Waals surface area contributed by atoms with Crippen LogP contribution in [0.3, 0.4) is 0 Å². The lowest BCUT2D eigenvalue weighted by atomic mass is 10.1. The van der Waals surface area contributed by atoms with E-state index in [1.807, 2.05) is 0 Å². The highest BCUT2D eigenvalue weighted by molar-refractivity contribution is 9.10. The summed E-state index contributed by atoms with van der Waals surface area (Å²) in [6.45, 7) is 0. The first-order chi connectivity index (χ1) is 11.8. The van der Waals surface area contributed by atoms with Crippen LogP contribution in [-0.2, 0) is 19.5 Å². The van der Waals surface area contributed by atoms with Crippen LogP contribution in [0.4, 0.5) is 5.69 Å². The number of ether oxygens (including phenoxy) is 2. The lowest BCUT2D eigenvalue weighted by molar-refractivity contribution is 0.0583. The number of hydrogen-bond donors (Lipinski definition) is 1. The van der Waals surface area contributed by atoms with E-state index in [0.717, 1.165) is 17.6 Å². The van der Waals surface area contributed by atoms with Crippen molar-refractivity contribution in [3.8, 4) is 0 Å². The summed E-state index contributed by atoms with van der Waals surface area (Å²) in [6.07, 6.45) is 0. The van der Waals surface area contributed by atoms with Gasteiger partial charge in [-0.05, 0) is 42.5 Å². The maximum atomic E-state index is 12.7. The Balaban J connectivity index is 2.54. The third-order valence-corrected chi connectivity index (χ3v) is 5.14. The number of carbonyl (C=O) groups is 2. The van der Waals surface area contributed by atoms with E-state index in [4.69, 9.17) is 0 Å². The average molecular weight is 428 g/mol. The molecule has 0 heterocycles. The van der Waals surface area contributed by atoms with Crippen LogP contribution in [0.5, 0.6) is 0 Å². The van der Waals surface area contributed by atoms with Crippen LogP contribution >= 0.6 is 15.9 Å². The molecule has 25 heavy (non-hydrogen) atoms. The number of nitrogens with one attached hydrogen (secondary N) is 1. The quantitative estimate of drug-likeness (QED) is 0.736. The first kappa shape index (κ1) is 18.9. The molecule has 0 aliphatic rings. The highest BCUT2D eigenvalue weighted by atomic mass is 79.9. The van der Waals surface area contributed by atoms with Gasteiger partial charge in [-0.15, -0.1) is 0 Å². The molecule has 0 saturated carbocycles. The molecule has 2 aromatic carbocycles. The molecule has 0 saturated heterocycles. The molecule has 2 aromatic rings. The van der Waals surface area contributed by atoms with Gasteiger partial charge in [0.1, 0.15) is 4.90 Å². The van der Waals surface area contributed by atoms with Crippen molar-refractivity contribution in [3.05, 3.63) is 58.1 Å². The summed E-state index contributed by atoms with van der Waals surface area (Å²) in [7, 11) is -1.84. The summed E-state index contributed by atoms with van der Waals surface area (Å²) < 4.78 is 37.7. The normalized spacial score (nSPS) is 10.8. The van der Waals surface area contributed by atoms with Crippen molar-refractivity contribution in [1.29, 1.82) is 0 Å². The first-order valence-electron chi connectivity index (χ1n) is 6.87. The van der Waals surface area contributed by atoms with Gasteiger partial charge in [0.15, 0.2) is 0 Å². The van der Waals surface area contributed by atoms with E-state index in [-0.39, 0.29) is 16.0 Å². The van der Waals surface area contributed by atoms with Crippen LogP contribution in [-0.4, -0.2) is 34.6 Å². The van der Waals surface area contributed by atoms with E-state index in [9.17, 15) is 18.0 Å². The Labute approximate surface area is 153 Å². The second-order valence-corrected chi connectivity index (χ2v) is 7.37. The number of esters is 2. The van der Waals surface area contributed by atoms with Crippen molar-refractivity contribution in [3.63, 3.8) is 0 Å². The minimum Gasteiger partial charge on any atom is -0.465 e. The average Bonchev–Trinajstić information content (AvgIpc) is 2.61. The number of benzene rings is 2. The standard InChI is InChI=1S/C16H14BrNO6S/c1-23-15(19)10-3-8-13(16(20)24-2)14(9-10)25(21,22)18-12-6-4-11(17)5-7-12/h3-9,18H,1-2H3. The van der Waals surface area contributed by atoms with Crippen molar-refractivity contribution < 1.29 is 27.5 Å². The van der Waals surface area contributed by atoms with E-state index in [0.29, 0.717) is 5.69 Å². The zero-order valence-electron chi connectivity index (χ0n) is 13.3. The monoisotopic (exact) mass is 427 g/mol. The van der Waals surface area contributed by atoms with Gasteiger partial charge in [0.25, 0.3) is 10.0 Å². The largest absolute Gasteiger partial charge is 0.465 e. The molecule has 0 radical (unpaired) electrons. The molecule has 1 N–H and O–H groups in total. The van der Waals surface area contributed by atoms with E-state index in [1.165, 1.54) is 19.2 Å². The van der Waals surface area contributed by atoms with Gasteiger partial charge in [-0.25, -0.2) is 18.0 Å². The third kappa shape index (κ3) is 4.37. The third-order valence-electron chi connectivity index (χ3n) is 3.19. The number of carbonyl (C=O) groups excluding carboxylic acids is 2. The van der Waals surface area contributed by atoms with Crippen molar-refractivity contribution >= 4 is 43.6 Å². The van der Waals surface area contributed by atoms with Crippen LogP contribution in [0.2, 0.25) is 0 Å². The van der Waals surface area contributed by atoms with Gasteiger partial charge in [0.05, 0.1) is 25.3 Å². The molecule has 9 heteroatoms. The molecule has 0 fully saturated rings. The predicted octanol–water partition coefficient (Wildman–Crippen LogP) is 2.82. The van der Waals surface area contributed by atoms with Gasteiger partial charge in [0.2, 0.25) is 0 Å². The number of sulfonamides is 1. The van der Waals surface area contributed by atoms with Crippen molar-refractivity contribution in [1.82, 2.24) is 0 Å². The Hall–Kier alpha value is -2.39. The maximum Gasteiger partial charge on any atom is 0.339 e. The second kappa shape index (κ2) is 7.66. The number of rotatable bonds is 5. The molecule has 0 unspecified atom stereocenters. The minimum absolute atomic E-state index is 0.00802. The fraction of sp³-hybridized carbons (Fsp3) is 0.125. The number of methoxy groups -OCH3 is 2. The summed E-state index contributed by atoms with van der Waals surface area (Å²) >= 11 is 3.25. The number of anilines is 1. The minimum atomic E-state index is -4.15.